The van der Waals surface area contributed by atoms with Gasteiger partial charge in [0.2, 0.25) is 0 Å². The fourth-order valence-corrected chi connectivity index (χ4v) is 2.78. The summed E-state index contributed by atoms with van der Waals surface area (Å²) in [6.07, 6.45) is -6.57. The summed E-state index contributed by atoms with van der Waals surface area (Å²) in [6.45, 7) is 3.48. The van der Waals surface area contributed by atoms with Gasteiger partial charge in [0, 0.05) is 32.6 Å². The van der Waals surface area contributed by atoms with E-state index in [2.05, 4.69) is 14.8 Å². The highest BCUT2D eigenvalue weighted by atomic mass is 16.7. The van der Waals surface area contributed by atoms with Crippen LogP contribution in [0.2, 0.25) is 0 Å². The van der Waals surface area contributed by atoms with Gasteiger partial charge in [-0.05, 0) is 10.6 Å². The summed E-state index contributed by atoms with van der Waals surface area (Å²) < 4.78 is 30.4. The number of nitrogens with zero attached hydrogens (tertiary/aromatic N) is 3. The molecule has 0 unspecified atom stereocenters. The third-order valence-corrected chi connectivity index (χ3v) is 3.72. The standard InChI is InChI=1S/C16H21N3O11/c1-7(20)26-6-11-12(27-8(2)21)13(28-9(3)22)14(29-10(4)23)16(30-11,18-19-17)15(24)25-5/h11-14H,6H2,1-5H3/t11-,12+,13+,14-,16+/m1/s1. The average molecular weight is 431 g/mol. The summed E-state index contributed by atoms with van der Waals surface area (Å²) in [6, 6.07) is 0. The molecule has 0 aliphatic carbocycles. The monoisotopic (exact) mass is 431 g/mol. The lowest BCUT2D eigenvalue weighted by atomic mass is 9.90. The Morgan fingerprint density at radius 1 is 0.933 bits per heavy atom. The van der Waals surface area contributed by atoms with Gasteiger partial charge in [-0.3, -0.25) is 19.2 Å². The summed E-state index contributed by atoms with van der Waals surface area (Å²) in [7, 11) is 0.936. The zero-order valence-corrected chi connectivity index (χ0v) is 16.8. The van der Waals surface area contributed by atoms with Gasteiger partial charge < -0.3 is 28.4 Å². The maximum Gasteiger partial charge on any atom is 0.348 e. The van der Waals surface area contributed by atoms with Crippen molar-refractivity contribution >= 4 is 29.8 Å². The molecule has 166 valence electrons. The van der Waals surface area contributed by atoms with E-state index in [4.69, 9.17) is 29.2 Å². The zero-order valence-electron chi connectivity index (χ0n) is 16.8. The zero-order chi connectivity index (χ0) is 23.1. The van der Waals surface area contributed by atoms with E-state index in [0.29, 0.717) is 0 Å². The van der Waals surface area contributed by atoms with Crippen LogP contribution in [0.4, 0.5) is 0 Å². The van der Waals surface area contributed by atoms with E-state index in [9.17, 15) is 24.0 Å². The van der Waals surface area contributed by atoms with Crippen LogP contribution in [0.1, 0.15) is 27.7 Å². The molecule has 0 aromatic rings. The second-order valence-electron chi connectivity index (χ2n) is 6.01. The first-order valence-corrected chi connectivity index (χ1v) is 8.46. The van der Waals surface area contributed by atoms with Gasteiger partial charge in [-0.25, -0.2) is 4.79 Å². The van der Waals surface area contributed by atoms with Crippen LogP contribution in [0.15, 0.2) is 5.11 Å². The molecule has 1 aliphatic heterocycles. The van der Waals surface area contributed by atoms with Crippen LogP contribution in [0, 0.1) is 0 Å². The van der Waals surface area contributed by atoms with Crippen LogP contribution in [0.3, 0.4) is 0 Å². The van der Waals surface area contributed by atoms with Gasteiger partial charge in [-0.2, -0.15) is 0 Å². The van der Waals surface area contributed by atoms with E-state index in [-0.39, 0.29) is 0 Å². The maximum atomic E-state index is 12.6. The topological polar surface area (TPSA) is 189 Å². The first-order valence-electron chi connectivity index (χ1n) is 8.46. The molecule has 0 bridgehead atoms. The molecule has 14 nitrogen and oxygen atoms in total. The number of carbonyl (C=O) groups is 5. The van der Waals surface area contributed by atoms with E-state index in [1.165, 1.54) is 0 Å². The molecule has 0 spiro atoms. The lowest BCUT2D eigenvalue weighted by Gasteiger charge is -2.47. The van der Waals surface area contributed by atoms with E-state index in [1.54, 1.807) is 0 Å². The van der Waals surface area contributed by atoms with Crippen molar-refractivity contribution in [3.8, 4) is 0 Å². The highest BCUT2D eigenvalue weighted by Gasteiger charge is 2.64. The first kappa shape index (κ1) is 24.7. The molecule has 0 saturated carbocycles. The largest absolute Gasteiger partial charge is 0.467 e. The lowest BCUT2D eigenvalue weighted by Crippen LogP contribution is -2.70. The fraction of sp³-hybridized carbons (Fsp3) is 0.688. The number of hydrogen-bond donors (Lipinski definition) is 0. The van der Waals surface area contributed by atoms with E-state index >= 15 is 0 Å². The molecule has 1 heterocycles. The SMILES string of the molecule is COC(=O)[C@@]1(N=[N+]=[N-])O[C@H](COC(C)=O)[C@H](OC(C)=O)[C@H](OC(C)=O)[C@H]1OC(C)=O. The number of rotatable bonds is 7. The molecule has 14 heteroatoms. The number of hydrogen-bond acceptors (Lipinski definition) is 12. The molecule has 1 rings (SSSR count). The van der Waals surface area contributed by atoms with Crippen molar-refractivity contribution in [2.24, 2.45) is 5.11 Å². The summed E-state index contributed by atoms with van der Waals surface area (Å²) in [5, 5.41) is 3.30. The van der Waals surface area contributed by atoms with Gasteiger partial charge in [0.1, 0.15) is 12.7 Å². The number of carbonyl (C=O) groups excluding carboxylic acids is 5. The Hall–Kier alpha value is -3.38. The van der Waals surface area contributed by atoms with Crippen LogP contribution in [-0.4, -0.2) is 73.7 Å². The molecule has 0 aromatic carbocycles. The average Bonchev–Trinajstić information content (AvgIpc) is 2.63. The Labute approximate surface area is 170 Å². The van der Waals surface area contributed by atoms with Crippen molar-refractivity contribution in [1.82, 2.24) is 0 Å². The smallest absolute Gasteiger partial charge is 0.348 e. The molecule has 0 radical (unpaired) electrons. The van der Waals surface area contributed by atoms with Crippen LogP contribution < -0.4 is 0 Å². The van der Waals surface area contributed by atoms with E-state index in [0.717, 1.165) is 34.8 Å². The number of ether oxygens (including phenoxy) is 6. The molecule has 5 atom stereocenters. The number of methoxy groups -OCH3 is 1. The van der Waals surface area contributed by atoms with Gasteiger partial charge in [-0.15, -0.1) is 0 Å². The van der Waals surface area contributed by atoms with Crippen molar-refractivity contribution in [3.63, 3.8) is 0 Å². The molecular formula is C16H21N3O11. The third kappa shape index (κ3) is 5.81. The Morgan fingerprint density at radius 3 is 1.90 bits per heavy atom. The Bertz CT molecular complexity index is 764. The molecule has 0 N–H and O–H groups in total. The minimum atomic E-state index is -2.68. The molecule has 1 saturated heterocycles. The van der Waals surface area contributed by atoms with Crippen molar-refractivity contribution < 1.29 is 52.4 Å². The second kappa shape index (κ2) is 10.4. The first-order chi connectivity index (χ1) is 14.0. The fourth-order valence-electron chi connectivity index (χ4n) is 2.78. The Kier molecular flexibility index (Phi) is 8.56. The van der Waals surface area contributed by atoms with Crippen LogP contribution >= 0.6 is 0 Å². The summed E-state index contributed by atoms with van der Waals surface area (Å²) in [4.78, 5) is 61.4. The van der Waals surface area contributed by atoms with Crippen LogP contribution in [0.5, 0.6) is 0 Å². The highest BCUT2D eigenvalue weighted by molar-refractivity contribution is 5.81. The number of azide groups is 1. The molecule has 0 amide bonds. The molecule has 1 fully saturated rings. The third-order valence-electron chi connectivity index (χ3n) is 3.72. The maximum absolute atomic E-state index is 12.6. The molecule has 1 aliphatic rings. The van der Waals surface area contributed by atoms with Crippen molar-refractivity contribution in [1.29, 1.82) is 0 Å². The molecule has 0 aromatic heterocycles. The van der Waals surface area contributed by atoms with Crippen molar-refractivity contribution in [2.75, 3.05) is 13.7 Å². The number of esters is 5. The Morgan fingerprint density at radius 2 is 1.47 bits per heavy atom. The van der Waals surface area contributed by atoms with E-state index in [1.807, 2.05) is 0 Å². The second-order valence-corrected chi connectivity index (χ2v) is 6.01. The summed E-state index contributed by atoms with van der Waals surface area (Å²) >= 11 is 0. The lowest BCUT2D eigenvalue weighted by molar-refractivity contribution is -0.282. The molecular weight excluding hydrogens is 410 g/mol. The Balaban J connectivity index is 3.69. The van der Waals surface area contributed by atoms with Crippen LogP contribution in [0.25, 0.3) is 10.4 Å². The van der Waals surface area contributed by atoms with Gasteiger partial charge >= 0.3 is 29.8 Å². The highest BCUT2D eigenvalue weighted by Crippen LogP contribution is 2.38. The summed E-state index contributed by atoms with van der Waals surface area (Å²) in [5.41, 5.74) is 6.33. The van der Waals surface area contributed by atoms with E-state index < -0.39 is 66.6 Å². The quantitative estimate of drug-likeness (QED) is 0.172. The normalized spacial score (nSPS) is 27.6. The minimum absolute atomic E-state index is 0.600. The molecule has 30 heavy (non-hydrogen) atoms. The van der Waals surface area contributed by atoms with Gasteiger partial charge in [0.05, 0.1) is 7.11 Å². The predicted molar refractivity (Wildman–Crippen MR) is 92.1 cm³/mol. The van der Waals surface area contributed by atoms with Crippen molar-refractivity contribution in [3.05, 3.63) is 10.4 Å². The van der Waals surface area contributed by atoms with Crippen molar-refractivity contribution in [2.45, 2.75) is 57.8 Å². The van der Waals surface area contributed by atoms with Crippen LogP contribution in [-0.2, 0) is 52.4 Å². The minimum Gasteiger partial charge on any atom is -0.467 e. The van der Waals surface area contributed by atoms with Gasteiger partial charge in [0.25, 0.3) is 5.72 Å². The van der Waals surface area contributed by atoms with Gasteiger partial charge in [-0.1, -0.05) is 0 Å². The van der Waals surface area contributed by atoms with Gasteiger partial charge in [0.15, 0.2) is 18.3 Å². The predicted octanol–water partition coefficient (Wildman–Crippen LogP) is -0.0770. The summed E-state index contributed by atoms with van der Waals surface area (Å²) in [5.74, 6) is -4.80.